The van der Waals surface area contributed by atoms with E-state index in [0.29, 0.717) is 5.75 Å². The first-order chi connectivity index (χ1) is 12.1. The second-order valence-corrected chi connectivity index (χ2v) is 7.62. The summed E-state index contributed by atoms with van der Waals surface area (Å²) in [6.07, 6.45) is 0. The Bertz CT molecular complexity index is 866. The second kappa shape index (κ2) is 7.89. The number of hydrogen-bond acceptors (Lipinski definition) is 5. The van der Waals surface area contributed by atoms with Crippen molar-refractivity contribution in [1.82, 2.24) is 9.97 Å². The molecule has 0 saturated carbocycles. The Kier molecular flexibility index (Phi) is 5.60. The van der Waals surface area contributed by atoms with Crippen LogP contribution >= 0.6 is 23.1 Å². The second-order valence-electron chi connectivity index (χ2n) is 5.78. The summed E-state index contributed by atoms with van der Waals surface area (Å²) >= 11 is 3.22. The van der Waals surface area contributed by atoms with E-state index in [1.165, 1.54) is 0 Å². The van der Waals surface area contributed by atoms with E-state index in [1.54, 1.807) is 30.2 Å². The van der Waals surface area contributed by atoms with Gasteiger partial charge in [0.1, 0.15) is 10.8 Å². The number of H-pyrrole nitrogens is 1. The van der Waals surface area contributed by atoms with Crippen molar-refractivity contribution in [3.63, 3.8) is 0 Å². The normalized spacial score (nSPS) is 10.8. The average molecular weight is 373 g/mol. The molecule has 0 fully saturated rings. The Hall–Kier alpha value is -2.05. The van der Waals surface area contributed by atoms with E-state index in [4.69, 9.17) is 4.74 Å². The Balaban J connectivity index is 1.56. The molecular formula is C19H20N2O2S2. The molecule has 3 aromatic rings. The van der Waals surface area contributed by atoms with Gasteiger partial charge in [0.05, 0.1) is 18.6 Å². The fourth-order valence-corrected chi connectivity index (χ4v) is 4.31. The molecule has 0 aliphatic rings. The number of ketones is 1. The van der Waals surface area contributed by atoms with Crippen molar-refractivity contribution in [3.8, 4) is 16.3 Å². The zero-order chi connectivity index (χ0) is 17.8. The smallest absolute Gasteiger partial charge is 0.174 e. The molecule has 0 spiro atoms. The number of aromatic amines is 1. The Morgan fingerprint density at radius 1 is 1.28 bits per heavy atom. The number of carbonyl (C=O) groups excluding carboxylic acids is 1. The first kappa shape index (κ1) is 17.8. The summed E-state index contributed by atoms with van der Waals surface area (Å²) in [6, 6.07) is 9.81. The largest absolute Gasteiger partial charge is 0.497 e. The monoisotopic (exact) mass is 372 g/mol. The molecule has 3 rings (SSSR count). The lowest BCUT2D eigenvalue weighted by Gasteiger charge is -2.01. The summed E-state index contributed by atoms with van der Waals surface area (Å²) in [5, 5.41) is 3.05. The molecule has 1 N–H and O–H groups in total. The molecule has 6 heteroatoms. The van der Waals surface area contributed by atoms with Crippen molar-refractivity contribution in [2.24, 2.45) is 0 Å². The van der Waals surface area contributed by atoms with Gasteiger partial charge in [-0.15, -0.1) is 23.1 Å². The highest BCUT2D eigenvalue weighted by Crippen LogP contribution is 2.27. The lowest BCUT2D eigenvalue weighted by atomic mass is 10.2. The number of aromatic nitrogens is 2. The highest BCUT2D eigenvalue weighted by Gasteiger charge is 2.12. The van der Waals surface area contributed by atoms with E-state index >= 15 is 0 Å². The Morgan fingerprint density at radius 3 is 2.68 bits per heavy atom. The van der Waals surface area contributed by atoms with Gasteiger partial charge < -0.3 is 9.72 Å². The van der Waals surface area contributed by atoms with Gasteiger partial charge >= 0.3 is 0 Å². The van der Waals surface area contributed by atoms with Gasteiger partial charge in [-0.05, 0) is 44.2 Å². The van der Waals surface area contributed by atoms with Gasteiger partial charge in [0.25, 0.3) is 0 Å². The number of ether oxygens (including phenoxy) is 1. The first-order valence-electron chi connectivity index (χ1n) is 7.93. The van der Waals surface area contributed by atoms with Crippen molar-refractivity contribution in [2.45, 2.75) is 19.6 Å². The Labute approximate surface area is 155 Å². The van der Waals surface area contributed by atoms with Crippen molar-refractivity contribution >= 4 is 28.9 Å². The molecule has 0 saturated heterocycles. The van der Waals surface area contributed by atoms with Gasteiger partial charge in [0, 0.05) is 33.6 Å². The minimum Gasteiger partial charge on any atom is -0.497 e. The number of rotatable bonds is 7. The van der Waals surface area contributed by atoms with Crippen LogP contribution in [0.25, 0.3) is 10.6 Å². The van der Waals surface area contributed by atoms with Crippen molar-refractivity contribution in [3.05, 3.63) is 58.4 Å². The number of benzene rings is 1. The molecule has 0 radical (unpaired) electrons. The van der Waals surface area contributed by atoms with Crippen LogP contribution < -0.4 is 4.74 Å². The summed E-state index contributed by atoms with van der Waals surface area (Å²) in [5.41, 5.74) is 4.85. The third kappa shape index (κ3) is 4.32. The van der Waals surface area contributed by atoms with Crippen LogP contribution in [-0.2, 0) is 5.75 Å². The van der Waals surface area contributed by atoms with Crippen LogP contribution in [0.4, 0.5) is 0 Å². The van der Waals surface area contributed by atoms with E-state index in [2.05, 4.69) is 15.3 Å². The number of aryl methyl sites for hydroxylation is 2. The number of thioether (sulfide) groups is 1. The van der Waals surface area contributed by atoms with Gasteiger partial charge in [-0.1, -0.05) is 0 Å². The predicted molar refractivity (Wildman–Crippen MR) is 105 cm³/mol. The maximum atomic E-state index is 12.3. The van der Waals surface area contributed by atoms with Crippen molar-refractivity contribution < 1.29 is 9.53 Å². The highest BCUT2D eigenvalue weighted by molar-refractivity contribution is 7.99. The third-order valence-electron chi connectivity index (χ3n) is 3.82. The number of Topliss-reactive ketones (excluding diaryl/α,β-unsaturated/α-hetero) is 1. The molecule has 0 unspecified atom stereocenters. The quantitative estimate of drug-likeness (QED) is 0.601. The SMILES string of the molecule is COc1ccc(-c2nc(CSCC(=O)c3cc(C)[nH]c3C)cs2)cc1. The first-order valence-corrected chi connectivity index (χ1v) is 9.96. The fourth-order valence-electron chi connectivity index (χ4n) is 2.58. The average Bonchev–Trinajstić information content (AvgIpc) is 3.21. The van der Waals surface area contributed by atoms with Crippen LogP contribution in [0.3, 0.4) is 0 Å². The summed E-state index contributed by atoms with van der Waals surface area (Å²) in [5.74, 6) is 2.20. The molecule has 0 aliphatic heterocycles. The summed E-state index contributed by atoms with van der Waals surface area (Å²) in [7, 11) is 1.66. The molecule has 130 valence electrons. The Morgan fingerprint density at radius 2 is 2.04 bits per heavy atom. The van der Waals surface area contributed by atoms with Gasteiger partial charge in [0.2, 0.25) is 0 Å². The number of methoxy groups -OCH3 is 1. The van der Waals surface area contributed by atoms with Gasteiger partial charge in [-0.3, -0.25) is 4.79 Å². The molecule has 2 aromatic heterocycles. The van der Waals surface area contributed by atoms with E-state index in [1.807, 2.05) is 44.2 Å². The summed E-state index contributed by atoms with van der Waals surface area (Å²) in [6.45, 7) is 3.90. The minimum atomic E-state index is 0.164. The molecule has 2 heterocycles. The molecule has 4 nitrogen and oxygen atoms in total. The molecule has 0 atom stereocenters. The number of thiazole rings is 1. The zero-order valence-electron chi connectivity index (χ0n) is 14.5. The van der Waals surface area contributed by atoms with Crippen LogP contribution in [0.15, 0.2) is 35.7 Å². The van der Waals surface area contributed by atoms with E-state index < -0.39 is 0 Å². The van der Waals surface area contributed by atoms with Crippen LogP contribution in [-0.4, -0.2) is 28.6 Å². The highest BCUT2D eigenvalue weighted by atomic mass is 32.2. The van der Waals surface area contributed by atoms with Crippen LogP contribution in [0.2, 0.25) is 0 Å². The number of nitrogens with one attached hydrogen (secondary N) is 1. The van der Waals surface area contributed by atoms with Crippen LogP contribution in [0.1, 0.15) is 27.4 Å². The third-order valence-corrected chi connectivity index (χ3v) is 5.73. The van der Waals surface area contributed by atoms with Crippen molar-refractivity contribution in [2.75, 3.05) is 12.9 Å². The molecule has 1 aromatic carbocycles. The lowest BCUT2D eigenvalue weighted by Crippen LogP contribution is -2.03. The maximum Gasteiger partial charge on any atom is 0.174 e. The lowest BCUT2D eigenvalue weighted by molar-refractivity contribution is 0.102. The fraction of sp³-hybridized carbons (Fsp3) is 0.263. The van der Waals surface area contributed by atoms with Crippen LogP contribution in [0.5, 0.6) is 5.75 Å². The van der Waals surface area contributed by atoms with E-state index in [9.17, 15) is 4.79 Å². The predicted octanol–water partition coefficient (Wildman–Crippen LogP) is 4.88. The maximum absolute atomic E-state index is 12.3. The number of hydrogen-bond donors (Lipinski definition) is 1. The van der Waals surface area contributed by atoms with Gasteiger partial charge in [-0.25, -0.2) is 4.98 Å². The molecule has 0 bridgehead atoms. The minimum absolute atomic E-state index is 0.164. The summed E-state index contributed by atoms with van der Waals surface area (Å²) in [4.78, 5) is 20.1. The molecule has 25 heavy (non-hydrogen) atoms. The van der Waals surface area contributed by atoms with Gasteiger partial charge in [-0.2, -0.15) is 0 Å². The topological polar surface area (TPSA) is 55.0 Å². The van der Waals surface area contributed by atoms with Crippen molar-refractivity contribution in [1.29, 1.82) is 0 Å². The standard InChI is InChI=1S/C19H20N2O2S2/c1-12-8-17(13(2)20-12)18(22)11-24-9-15-10-25-19(21-15)14-4-6-16(23-3)7-5-14/h4-8,10,20H,9,11H2,1-3H3. The van der Waals surface area contributed by atoms with Crippen LogP contribution in [0, 0.1) is 13.8 Å². The molecular weight excluding hydrogens is 352 g/mol. The number of nitrogens with zero attached hydrogens (tertiary/aromatic N) is 1. The van der Waals surface area contributed by atoms with Gasteiger partial charge in [0.15, 0.2) is 5.78 Å². The molecule has 0 amide bonds. The summed E-state index contributed by atoms with van der Waals surface area (Å²) < 4.78 is 5.18. The van der Waals surface area contributed by atoms with E-state index in [-0.39, 0.29) is 5.78 Å². The zero-order valence-corrected chi connectivity index (χ0v) is 16.1. The number of carbonyl (C=O) groups is 1. The molecule has 0 aliphatic carbocycles. The van der Waals surface area contributed by atoms with E-state index in [0.717, 1.165) is 44.7 Å².